The predicted molar refractivity (Wildman–Crippen MR) is 125 cm³/mol. The fourth-order valence-corrected chi connectivity index (χ4v) is 4.11. The molecule has 166 valence electrons. The average Bonchev–Trinajstić information content (AvgIpc) is 3.24. The van der Waals surface area contributed by atoms with E-state index in [1.165, 1.54) is 23.9 Å². The van der Waals surface area contributed by atoms with Crippen LogP contribution in [0.25, 0.3) is 5.69 Å². The molecule has 33 heavy (non-hydrogen) atoms. The van der Waals surface area contributed by atoms with Crippen molar-refractivity contribution in [2.45, 2.75) is 18.6 Å². The van der Waals surface area contributed by atoms with E-state index in [0.717, 1.165) is 5.56 Å². The van der Waals surface area contributed by atoms with Gasteiger partial charge in [-0.05, 0) is 43.3 Å². The van der Waals surface area contributed by atoms with Crippen LogP contribution in [0.3, 0.4) is 0 Å². The largest absolute Gasteiger partial charge is 0.345 e. The maximum Gasteiger partial charge on any atom is 0.251 e. The Kier molecular flexibility index (Phi) is 6.95. The molecule has 0 saturated carbocycles. The Balaban J connectivity index is 1.55. The third-order valence-corrected chi connectivity index (χ3v) is 5.83. The SMILES string of the molecule is Cc1cccc(C(=O)NCc2nnc(SCC(=O)c3ccccc3)n2-c2ccc(F)cc2)c1. The van der Waals surface area contributed by atoms with Crippen LogP contribution in [0, 0.1) is 12.7 Å². The van der Waals surface area contributed by atoms with E-state index >= 15 is 0 Å². The Hall–Kier alpha value is -3.78. The van der Waals surface area contributed by atoms with Gasteiger partial charge in [-0.25, -0.2) is 4.39 Å². The smallest absolute Gasteiger partial charge is 0.251 e. The molecule has 4 aromatic rings. The first-order valence-electron chi connectivity index (χ1n) is 10.3. The molecule has 0 saturated heterocycles. The maximum atomic E-state index is 13.5. The lowest BCUT2D eigenvalue weighted by Gasteiger charge is -2.11. The molecular weight excluding hydrogens is 439 g/mol. The summed E-state index contributed by atoms with van der Waals surface area (Å²) in [6.07, 6.45) is 0. The van der Waals surface area contributed by atoms with Gasteiger partial charge in [0.2, 0.25) is 0 Å². The van der Waals surface area contributed by atoms with Gasteiger partial charge >= 0.3 is 0 Å². The number of hydrogen-bond donors (Lipinski definition) is 1. The molecule has 1 heterocycles. The zero-order valence-corrected chi connectivity index (χ0v) is 18.7. The zero-order chi connectivity index (χ0) is 23.2. The molecule has 0 fully saturated rings. The highest BCUT2D eigenvalue weighted by atomic mass is 32.2. The first kappa shape index (κ1) is 22.4. The summed E-state index contributed by atoms with van der Waals surface area (Å²) >= 11 is 1.24. The molecule has 6 nitrogen and oxygen atoms in total. The van der Waals surface area contributed by atoms with E-state index in [1.54, 1.807) is 41.0 Å². The van der Waals surface area contributed by atoms with Crippen LogP contribution in [0.1, 0.15) is 32.1 Å². The van der Waals surface area contributed by atoms with Crippen LogP contribution in [0.2, 0.25) is 0 Å². The number of hydrogen-bond acceptors (Lipinski definition) is 5. The van der Waals surface area contributed by atoms with Gasteiger partial charge in [-0.15, -0.1) is 10.2 Å². The Morgan fingerprint density at radius 2 is 1.67 bits per heavy atom. The Morgan fingerprint density at radius 3 is 2.39 bits per heavy atom. The summed E-state index contributed by atoms with van der Waals surface area (Å²) in [5, 5.41) is 11.8. The van der Waals surface area contributed by atoms with E-state index in [2.05, 4.69) is 15.5 Å². The van der Waals surface area contributed by atoms with Gasteiger partial charge < -0.3 is 5.32 Å². The van der Waals surface area contributed by atoms with Gasteiger partial charge in [0.1, 0.15) is 5.82 Å². The predicted octanol–water partition coefficient (Wildman–Crippen LogP) is 4.62. The monoisotopic (exact) mass is 460 g/mol. The summed E-state index contributed by atoms with van der Waals surface area (Å²) in [5.74, 6) is -0.00449. The quantitative estimate of drug-likeness (QED) is 0.307. The summed E-state index contributed by atoms with van der Waals surface area (Å²) in [4.78, 5) is 25.1. The molecule has 0 aliphatic rings. The number of Topliss-reactive ketones (excluding diaryl/α,β-unsaturated/α-hetero) is 1. The van der Waals surface area contributed by atoms with E-state index in [1.807, 2.05) is 37.3 Å². The van der Waals surface area contributed by atoms with Crippen LogP contribution < -0.4 is 5.32 Å². The number of aryl methyl sites for hydroxylation is 1. The lowest BCUT2D eigenvalue weighted by Crippen LogP contribution is -2.24. The number of thioether (sulfide) groups is 1. The zero-order valence-electron chi connectivity index (χ0n) is 17.9. The van der Waals surface area contributed by atoms with Gasteiger partial charge in [0, 0.05) is 16.8 Å². The van der Waals surface area contributed by atoms with Crippen LogP contribution in [0.15, 0.2) is 84.0 Å². The van der Waals surface area contributed by atoms with Gasteiger partial charge in [-0.2, -0.15) is 0 Å². The van der Waals surface area contributed by atoms with E-state index in [9.17, 15) is 14.0 Å². The normalized spacial score (nSPS) is 10.7. The van der Waals surface area contributed by atoms with Crippen LogP contribution >= 0.6 is 11.8 Å². The number of aromatic nitrogens is 3. The van der Waals surface area contributed by atoms with Crippen molar-refractivity contribution in [1.29, 1.82) is 0 Å². The first-order valence-corrected chi connectivity index (χ1v) is 11.3. The van der Waals surface area contributed by atoms with Crippen molar-refractivity contribution in [1.82, 2.24) is 20.1 Å². The van der Waals surface area contributed by atoms with Crippen molar-refractivity contribution < 1.29 is 14.0 Å². The molecular formula is C25H21FN4O2S. The standard InChI is InChI=1S/C25H21FN4O2S/c1-17-6-5-9-19(14-17)24(32)27-15-23-28-29-25(30(23)21-12-10-20(26)11-13-21)33-16-22(31)18-7-3-2-4-8-18/h2-14H,15-16H2,1H3,(H,27,32). The third-order valence-electron chi connectivity index (χ3n) is 4.90. The molecule has 0 unspecified atom stereocenters. The van der Waals surface area contributed by atoms with Gasteiger partial charge in [0.25, 0.3) is 5.91 Å². The first-order chi connectivity index (χ1) is 16.0. The fourth-order valence-electron chi connectivity index (χ4n) is 3.24. The minimum Gasteiger partial charge on any atom is -0.345 e. The van der Waals surface area contributed by atoms with Crippen molar-refractivity contribution in [2.75, 3.05) is 5.75 Å². The highest BCUT2D eigenvalue weighted by Crippen LogP contribution is 2.23. The number of carbonyl (C=O) groups excluding carboxylic acids is 2. The number of benzene rings is 3. The van der Waals surface area contributed by atoms with E-state index in [4.69, 9.17) is 0 Å². The number of rotatable bonds is 8. The third kappa shape index (κ3) is 5.53. The van der Waals surface area contributed by atoms with Crippen LogP contribution in [0.4, 0.5) is 4.39 Å². The minimum absolute atomic E-state index is 0.0384. The van der Waals surface area contributed by atoms with Gasteiger partial charge in [-0.3, -0.25) is 14.2 Å². The van der Waals surface area contributed by atoms with E-state index < -0.39 is 0 Å². The molecule has 4 rings (SSSR count). The highest BCUT2D eigenvalue weighted by Gasteiger charge is 2.17. The second kappa shape index (κ2) is 10.2. The second-order valence-electron chi connectivity index (χ2n) is 7.34. The van der Waals surface area contributed by atoms with E-state index in [0.29, 0.717) is 27.8 Å². The topological polar surface area (TPSA) is 76.9 Å². The van der Waals surface area contributed by atoms with Crippen molar-refractivity contribution in [3.63, 3.8) is 0 Å². The molecule has 3 aromatic carbocycles. The van der Waals surface area contributed by atoms with Crippen molar-refractivity contribution in [3.8, 4) is 5.69 Å². The second-order valence-corrected chi connectivity index (χ2v) is 8.28. The summed E-state index contributed by atoms with van der Waals surface area (Å²) in [5.41, 5.74) is 2.78. The number of ketones is 1. The molecule has 8 heteroatoms. The number of amides is 1. The Bertz CT molecular complexity index is 1270. The Morgan fingerprint density at radius 1 is 0.939 bits per heavy atom. The van der Waals surface area contributed by atoms with E-state index in [-0.39, 0.29) is 29.8 Å². The van der Waals surface area contributed by atoms with Crippen LogP contribution in [-0.2, 0) is 6.54 Å². The number of nitrogens with zero attached hydrogens (tertiary/aromatic N) is 3. The Labute approximate surface area is 194 Å². The number of nitrogens with one attached hydrogen (secondary N) is 1. The molecule has 0 spiro atoms. The maximum absolute atomic E-state index is 13.5. The van der Waals surface area contributed by atoms with Gasteiger partial charge in [0.15, 0.2) is 16.8 Å². The summed E-state index contributed by atoms with van der Waals surface area (Å²) < 4.78 is 15.2. The summed E-state index contributed by atoms with van der Waals surface area (Å²) in [7, 11) is 0. The summed E-state index contributed by atoms with van der Waals surface area (Å²) in [6, 6.07) is 22.2. The highest BCUT2D eigenvalue weighted by molar-refractivity contribution is 7.99. The summed E-state index contributed by atoms with van der Waals surface area (Å²) in [6.45, 7) is 2.03. The van der Waals surface area contributed by atoms with Crippen LogP contribution in [0.5, 0.6) is 0 Å². The average molecular weight is 461 g/mol. The molecule has 0 atom stereocenters. The number of carbonyl (C=O) groups is 2. The molecule has 0 aliphatic heterocycles. The molecule has 1 aromatic heterocycles. The lowest BCUT2D eigenvalue weighted by atomic mass is 10.1. The van der Waals surface area contributed by atoms with Gasteiger partial charge in [0.05, 0.1) is 12.3 Å². The fraction of sp³-hybridized carbons (Fsp3) is 0.120. The number of halogens is 1. The molecule has 0 bridgehead atoms. The molecule has 1 N–H and O–H groups in total. The molecule has 1 amide bonds. The van der Waals surface area contributed by atoms with Crippen LogP contribution in [-0.4, -0.2) is 32.2 Å². The van der Waals surface area contributed by atoms with Gasteiger partial charge in [-0.1, -0.05) is 59.8 Å². The van der Waals surface area contributed by atoms with Crippen molar-refractivity contribution in [2.24, 2.45) is 0 Å². The molecule has 0 aliphatic carbocycles. The van der Waals surface area contributed by atoms with Crippen molar-refractivity contribution in [3.05, 3.63) is 107 Å². The lowest BCUT2D eigenvalue weighted by molar-refractivity contribution is 0.0948. The molecule has 0 radical (unpaired) electrons. The van der Waals surface area contributed by atoms with Crippen molar-refractivity contribution >= 4 is 23.5 Å². The minimum atomic E-state index is -0.366.